The first-order chi connectivity index (χ1) is 13.8. The number of nitrogens with one attached hydrogen (secondary N) is 2. The fourth-order valence-corrected chi connectivity index (χ4v) is 2.90. The molecule has 150 valence electrons. The molecule has 0 aliphatic carbocycles. The maximum absolute atomic E-state index is 15.2. The van der Waals surface area contributed by atoms with E-state index in [4.69, 9.17) is 11.6 Å². The summed E-state index contributed by atoms with van der Waals surface area (Å²) in [7, 11) is 0. The van der Waals surface area contributed by atoms with Gasteiger partial charge in [0.2, 0.25) is 5.91 Å². The van der Waals surface area contributed by atoms with Crippen LogP contribution in [-0.2, 0) is 11.3 Å². The molecular weight excluding hydrogens is 395 g/mol. The molecule has 0 bridgehead atoms. The number of hydrogen-bond donors (Lipinski definition) is 2. The third-order valence-corrected chi connectivity index (χ3v) is 4.62. The predicted molar refractivity (Wildman–Crippen MR) is 110 cm³/mol. The fraction of sp³-hybridized carbons (Fsp3) is 0.238. The Labute approximate surface area is 172 Å². The molecule has 0 saturated carbocycles. The van der Waals surface area contributed by atoms with Gasteiger partial charge in [-0.2, -0.15) is 0 Å². The highest BCUT2D eigenvalue weighted by Gasteiger charge is 2.18. The number of halogens is 2. The van der Waals surface area contributed by atoms with Crippen molar-refractivity contribution in [1.82, 2.24) is 20.3 Å². The van der Waals surface area contributed by atoms with E-state index in [0.29, 0.717) is 11.4 Å². The number of rotatable bonds is 5. The van der Waals surface area contributed by atoms with Gasteiger partial charge in [0.05, 0.1) is 22.0 Å². The van der Waals surface area contributed by atoms with Crippen LogP contribution < -0.4 is 10.9 Å². The van der Waals surface area contributed by atoms with Gasteiger partial charge in [0.25, 0.3) is 5.56 Å². The highest BCUT2D eigenvalue weighted by atomic mass is 35.5. The van der Waals surface area contributed by atoms with Crippen molar-refractivity contribution in [2.24, 2.45) is 5.92 Å². The summed E-state index contributed by atoms with van der Waals surface area (Å²) in [4.78, 5) is 35.1. The van der Waals surface area contributed by atoms with Gasteiger partial charge in [-0.1, -0.05) is 37.6 Å². The van der Waals surface area contributed by atoms with E-state index in [1.807, 2.05) is 13.0 Å². The number of aryl methyl sites for hydroxylation is 1. The molecule has 3 aromatic rings. The second-order valence-electron chi connectivity index (χ2n) is 6.97. The van der Waals surface area contributed by atoms with E-state index in [9.17, 15) is 9.59 Å². The number of carbonyl (C=O) groups is 1. The molecule has 29 heavy (non-hydrogen) atoms. The molecule has 3 rings (SSSR count). The third-order valence-electron chi connectivity index (χ3n) is 4.30. The molecule has 6 nitrogen and oxygen atoms in total. The number of hydrogen-bond acceptors (Lipinski definition) is 4. The largest absolute Gasteiger partial charge is 0.352 e. The van der Waals surface area contributed by atoms with Crippen molar-refractivity contribution in [3.05, 3.63) is 68.8 Å². The van der Waals surface area contributed by atoms with Crippen LogP contribution >= 0.6 is 11.6 Å². The second kappa shape index (κ2) is 8.53. The minimum absolute atomic E-state index is 0.00352. The van der Waals surface area contributed by atoms with Gasteiger partial charge in [0.1, 0.15) is 11.6 Å². The summed E-state index contributed by atoms with van der Waals surface area (Å²) in [5.41, 5.74) is 1.50. The summed E-state index contributed by atoms with van der Waals surface area (Å²) in [6, 6.07) is 7.87. The van der Waals surface area contributed by atoms with Crippen LogP contribution in [0.25, 0.3) is 22.8 Å². The van der Waals surface area contributed by atoms with E-state index in [2.05, 4.69) is 20.3 Å². The number of amides is 1. The molecule has 2 heterocycles. The highest BCUT2D eigenvalue weighted by molar-refractivity contribution is 6.33. The second-order valence-corrected chi connectivity index (χ2v) is 7.38. The third kappa shape index (κ3) is 4.68. The molecule has 0 atom stereocenters. The van der Waals surface area contributed by atoms with Crippen LogP contribution in [-0.4, -0.2) is 20.9 Å². The summed E-state index contributed by atoms with van der Waals surface area (Å²) in [5.74, 6) is -1.07. The Bertz CT molecular complexity index is 1110. The maximum Gasteiger partial charge on any atom is 0.251 e. The number of nitrogens with zero attached hydrogens (tertiary/aromatic N) is 2. The van der Waals surface area contributed by atoms with E-state index in [-0.39, 0.29) is 40.3 Å². The number of aromatic nitrogens is 3. The standard InChI is InChI=1S/C21H20ClFN4O2/c1-11(2)21(29)25-10-13-5-6-14(22)18(19(13)23)20-26-16(8-17(28)27-20)15-7-4-12(3)9-24-15/h4-9,11H,10H2,1-3H3,(H,25,29)(H,26,27,28). The quantitative estimate of drug-likeness (QED) is 0.663. The fourth-order valence-electron chi connectivity index (χ4n) is 2.66. The van der Waals surface area contributed by atoms with Crippen molar-refractivity contribution < 1.29 is 9.18 Å². The smallest absolute Gasteiger partial charge is 0.251 e. The zero-order valence-corrected chi connectivity index (χ0v) is 17.0. The van der Waals surface area contributed by atoms with Crippen molar-refractivity contribution in [2.75, 3.05) is 0 Å². The van der Waals surface area contributed by atoms with Crippen molar-refractivity contribution in [3.63, 3.8) is 0 Å². The topological polar surface area (TPSA) is 87.7 Å². The van der Waals surface area contributed by atoms with Crippen LogP contribution in [0.5, 0.6) is 0 Å². The normalized spacial score (nSPS) is 11.0. The molecule has 0 aliphatic heterocycles. The lowest BCUT2D eigenvalue weighted by Crippen LogP contribution is -2.27. The summed E-state index contributed by atoms with van der Waals surface area (Å²) >= 11 is 6.22. The summed E-state index contributed by atoms with van der Waals surface area (Å²) < 4.78 is 15.2. The van der Waals surface area contributed by atoms with Gasteiger partial charge in [-0.05, 0) is 24.6 Å². The Morgan fingerprint density at radius 1 is 1.24 bits per heavy atom. The molecule has 0 saturated heterocycles. The van der Waals surface area contributed by atoms with E-state index < -0.39 is 11.4 Å². The van der Waals surface area contributed by atoms with Crippen molar-refractivity contribution in [2.45, 2.75) is 27.3 Å². The maximum atomic E-state index is 15.2. The first-order valence-electron chi connectivity index (χ1n) is 9.05. The molecule has 0 unspecified atom stereocenters. The molecular formula is C21H20ClFN4O2. The monoisotopic (exact) mass is 414 g/mol. The van der Waals surface area contributed by atoms with Crippen molar-refractivity contribution >= 4 is 17.5 Å². The van der Waals surface area contributed by atoms with Gasteiger partial charge < -0.3 is 10.3 Å². The van der Waals surface area contributed by atoms with E-state index in [0.717, 1.165) is 5.56 Å². The first-order valence-corrected chi connectivity index (χ1v) is 9.43. The van der Waals surface area contributed by atoms with Gasteiger partial charge in [-0.15, -0.1) is 0 Å². The summed E-state index contributed by atoms with van der Waals surface area (Å²) in [5, 5.41) is 2.76. The Balaban J connectivity index is 2.04. The average molecular weight is 415 g/mol. The highest BCUT2D eigenvalue weighted by Crippen LogP contribution is 2.30. The minimum atomic E-state index is -0.654. The van der Waals surface area contributed by atoms with Crippen LogP contribution in [0, 0.1) is 18.7 Å². The lowest BCUT2D eigenvalue weighted by atomic mass is 10.1. The van der Waals surface area contributed by atoms with Gasteiger partial charge in [0.15, 0.2) is 0 Å². The lowest BCUT2D eigenvalue weighted by molar-refractivity contribution is -0.124. The van der Waals surface area contributed by atoms with Crippen LogP contribution in [0.3, 0.4) is 0 Å². The molecule has 2 aromatic heterocycles. The van der Waals surface area contributed by atoms with Crippen LogP contribution in [0.1, 0.15) is 25.0 Å². The number of benzene rings is 1. The number of pyridine rings is 1. The van der Waals surface area contributed by atoms with Gasteiger partial charge in [-0.25, -0.2) is 9.37 Å². The number of aromatic amines is 1. The SMILES string of the molecule is Cc1ccc(-c2cc(=O)[nH]c(-c3c(Cl)ccc(CNC(=O)C(C)C)c3F)n2)nc1. The first kappa shape index (κ1) is 20.7. The summed E-state index contributed by atoms with van der Waals surface area (Å²) in [6.45, 7) is 5.39. The molecule has 1 amide bonds. The number of H-pyrrole nitrogens is 1. The van der Waals surface area contributed by atoms with Crippen LogP contribution in [0.2, 0.25) is 5.02 Å². The molecule has 2 N–H and O–H groups in total. The van der Waals surface area contributed by atoms with E-state index >= 15 is 4.39 Å². The van der Waals surface area contributed by atoms with Gasteiger partial charge >= 0.3 is 0 Å². The summed E-state index contributed by atoms with van der Waals surface area (Å²) in [6.07, 6.45) is 1.66. The van der Waals surface area contributed by atoms with Crippen LogP contribution in [0.4, 0.5) is 4.39 Å². The van der Waals surface area contributed by atoms with E-state index in [1.54, 1.807) is 26.1 Å². The number of carbonyl (C=O) groups excluding carboxylic acids is 1. The Hall–Kier alpha value is -3.06. The Morgan fingerprint density at radius 2 is 2.00 bits per heavy atom. The zero-order valence-electron chi connectivity index (χ0n) is 16.2. The Morgan fingerprint density at radius 3 is 2.66 bits per heavy atom. The van der Waals surface area contributed by atoms with Gasteiger partial charge in [0, 0.05) is 30.3 Å². The predicted octanol–water partition coefficient (Wildman–Crippen LogP) is 3.87. The average Bonchev–Trinajstić information content (AvgIpc) is 2.67. The Kier molecular flexibility index (Phi) is 6.08. The van der Waals surface area contributed by atoms with Crippen LogP contribution in [0.15, 0.2) is 41.3 Å². The molecule has 0 spiro atoms. The molecule has 0 radical (unpaired) electrons. The van der Waals surface area contributed by atoms with Crippen molar-refractivity contribution in [1.29, 1.82) is 0 Å². The lowest BCUT2D eigenvalue weighted by Gasteiger charge is -2.12. The molecule has 1 aromatic carbocycles. The van der Waals surface area contributed by atoms with Gasteiger partial charge in [-0.3, -0.25) is 14.6 Å². The molecule has 8 heteroatoms. The minimum Gasteiger partial charge on any atom is -0.352 e. The zero-order chi connectivity index (χ0) is 21.1. The van der Waals surface area contributed by atoms with E-state index in [1.165, 1.54) is 18.2 Å². The molecule has 0 fully saturated rings. The van der Waals surface area contributed by atoms with Crippen molar-refractivity contribution in [3.8, 4) is 22.8 Å². The molecule has 0 aliphatic rings.